The van der Waals surface area contributed by atoms with Gasteiger partial charge >= 0.3 is 5.97 Å². The van der Waals surface area contributed by atoms with Crippen LogP contribution in [0.4, 0.5) is 0 Å². The van der Waals surface area contributed by atoms with E-state index in [2.05, 4.69) is 18.7 Å². The predicted octanol–water partition coefficient (Wildman–Crippen LogP) is 3.58. The number of carbonyl (C=O) groups is 1. The van der Waals surface area contributed by atoms with Crippen LogP contribution in [0.15, 0.2) is 24.3 Å². The molecule has 24 heavy (non-hydrogen) atoms. The van der Waals surface area contributed by atoms with E-state index in [0.29, 0.717) is 12.4 Å². The first-order valence-corrected chi connectivity index (χ1v) is 8.21. The molecule has 5 nitrogen and oxygen atoms in total. The molecular weight excluding hydrogens is 306 g/mol. The molecule has 5 heteroatoms. The van der Waals surface area contributed by atoms with E-state index in [0.717, 1.165) is 41.7 Å². The Morgan fingerprint density at radius 3 is 2.46 bits per heavy atom. The fourth-order valence-corrected chi connectivity index (χ4v) is 2.81. The summed E-state index contributed by atoms with van der Waals surface area (Å²) < 4.78 is 11.2. The van der Waals surface area contributed by atoms with Crippen LogP contribution in [0.5, 0.6) is 11.5 Å². The molecule has 130 valence electrons. The molecule has 0 bridgehead atoms. The lowest BCUT2D eigenvalue weighted by molar-refractivity contribution is 0.0695. The van der Waals surface area contributed by atoms with Gasteiger partial charge in [-0.2, -0.15) is 0 Å². The number of nitrogens with zero attached hydrogens (tertiary/aromatic N) is 1. The summed E-state index contributed by atoms with van der Waals surface area (Å²) in [6.45, 7) is 9.27. The van der Waals surface area contributed by atoms with Crippen LogP contribution in [0.25, 0.3) is 10.8 Å². The maximum absolute atomic E-state index is 11.5. The molecule has 0 radical (unpaired) electrons. The van der Waals surface area contributed by atoms with E-state index in [1.165, 1.54) is 0 Å². The van der Waals surface area contributed by atoms with Crippen molar-refractivity contribution >= 4 is 16.7 Å². The van der Waals surface area contributed by atoms with Crippen molar-refractivity contribution in [2.45, 2.75) is 20.8 Å². The first-order valence-electron chi connectivity index (χ1n) is 8.21. The first-order chi connectivity index (χ1) is 11.5. The fraction of sp³-hybridized carbons (Fsp3) is 0.421. The summed E-state index contributed by atoms with van der Waals surface area (Å²) in [5, 5.41) is 11.2. The Kier molecular flexibility index (Phi) is 6.04. The second-order valence-electron chi connectivity index (χ2n) is 5.64. The molecule has 0 saturated carbocycles. The third-order valence-corrected chi connectivity index (χ3v) is 4.37. The molecule has 0 aliphatic heterocycles. The van der Waals surface area contributed by atoms with Gasteiger partial charge in [-0.25, -0.2) is 4.79 Å². The molecule has 0 fully saturated rings. The Morgan fingerprint density at radius 1 is 1.17 bits per heavy atom. The summed E-state index contributed by atoms with van der Waals surface area (Å²) in [7, 11) is 1.61. The predicted molar refractivity (Wildman–Crippen MR) is 95.5 cm³/mol. The number of benzene rings is 2. The van der Waals surface area contributed by atoms with Crippen LogP contribution < -0.4 is 9.47 Å². The molecule has 0 atom stereocenters. The van der Waals surface area contributed by atoms with Gasteiger partial charge in [0, 0.05) is 11.9 Å². The molecule has 0 aliphatic carbocycles. The minimum absolute atomic E-state index is 0.269. The van der Waals surface area contributed by atoms with Crippen LogP contribution >= 0.6 is 0 Å². The number of aryl methyl sites for hydroxylation is 1. The van der Waals surface area contributed by atoms with Crippen LogP contribution in [0.1, 0.15) is 29.8 Å². The molecule has 2 aromatic carbocycles. The van der Waals surface area contributed by atoms with Gasteiger partial charge in [0.05, 0.1) is 12.7 Å². The summed E-state index contributed by atoms with van der Waals surface area (Å²) in [4.78, 5) is 13.8. The molecule has 0 heterocycles. The van der Waals surface area contributed by atoms with Gasteiger partial charge in [0.15, 0.2) is 0 Å². The maximum atomic E-state index is 11.5. The number of likely N-dealkylation sites (N-methyl/N-ethyl adjacent to an activating group) is 1. The van der Waals surface area contributed by atoms with Crippen molar-refractivity contribution in [3.63, 3.8) is 0 Å². The highest BCUT2D eigenvalue weighted by molar-refractivity contribution is 6.01. The second kappa shape index (κ2) is 8.02. The van der Waals surface area contributed by atoms with Gasteiger partial charge in [-0.15, -0.1) is 0 Å². The number of hydrogen-bond donors (Lipinski definition) is 1. The number of fused-ring (bicyclic) bond motifs is 1. The van der Waals surface area contributed by atoms with Crippen LogP contribution in [0.2, 0.25) is 0 Å². The zero-order valence-corrected chi connectivity index (χ0v) is 14.8. The summed E-state index contributed by atoms with van der Waals surface area (Å²) in [5.74, 6) is 0.358. The fourth-order valence-electron chi connectivity index (χ4n) is 2.81. The molecule has 0 aromatic heterocycles. The third-order valence-electron chi connectivity index (χ3n) is 4.37. The highest BCUT2D eigenvalue weighted by Gasteiger charge is 2.16. The van der Waals surface area contributed by atoms with Gasteiger partial charge in [0.2, 0.25) is 0 Å². The highest BCUT2D eigenvalue weighted by atomic mass is 16.5. The monoisotopic (exact) mass is 331 g/mol. The number of methoxy groups -OCH3 is 1. The van der Waals surface area contributed by atoms with Crippen LogP contribution in [0.3, 0.4) is 0 Å². The van der Waals surface area contributed by atoms with Gasteiger partial charge in [-0.1, -0.05) is 19.9 Å². The van der Waals surface area contributed by atoms with E-state index in [9.17, 15) is 9.90 Å². The van der Waals surface area contributed by atoms with Crippen LogP contribution in [-0.2, 0) is 0 Å². The van der Waals surface area contributed by atoms with Crippen molar-refractivity contribution < 1.29 is 19.4 Å². The van der Waals surface area contributed by atoms with Crippen molar-refractivity contribution in [3.8, 4) is 11.5 Å². The van der Waals surface area contributed by atoms with E-state index in [-0.39, 0.29) is 5.56 Å². The Balaban J connectivity index is 2.41. The Hall–Kier alpha value is -2.27. The average Bonchev–Trinajstić information content (AvgIpc) is 2.59. The van der Waals surface area contributed by atoms with Crippen molar-refractivity contribution in [1.29, 1.82) is 0 Å². The zero-order chi connectivity index (χ0) is 17.7. The number of carboxylic acid groups (broad SMARTS) is 1. The van der Waals surface area contributed by atoms with Crippen molar-refractivity contribution in [1.82, 2.24) is 4.90 Å². The zero-order valence-electron chi connectivity index (χ0n) is 14.8. The molecule has 1 N–H and O–H groups in total. The lowest BCUT2D eigenvalue weighted by atomic mass is 9.99. The van der Waals surface area contributed by atoms with Gasteiger partial charge < -0.3 is 19.5 Å². The molecule has 0 saturated heterocycles. The normalized spacial score (nSPS) is 11.0. The average molecular weight is 331 g/mol. The van der Waals surface area contributed by atoms with E-state index in [1.54, 1.807) is 13.2 Å². The minimum Gasteiger partial charge on any atom is -0.497 e. The molecular formula is C19H25NO4. The number of rotatable bonds is 8. The van der Waals surface area contributed by atoms with Crippen LogP contribution in [0, 0.1) is 6.92 Å². The number of ether oxygens (including phenoxy) is 2. The van der Waals surface area contributed by atoms with Crippen molar-refractivity contribution in [3.05, 3.63) is 35.4 Å². The Bertz CT molecular complexity index is 723. The summed E-state index contributed by atoms with van der Waals surface area (Å²) >= 11 is 0. The third kappa shape index (κ3) is 3.79. The van der Waals surface area contributed by atoms with Crippen molar-refractivity contribution in [2.75, 3.05) is 33.4 Å². The van der Waals surface area contributed by atoms with Gasteiger partial charge in [0.1, 0.15) is 18.1 Å². The summed E-state index contributed by atoms with van der Waals surface area (Å²) in [6, 6.07) is 7.22. The molecule has 2 aromatic rings. The van der Waals surface area contributed by atoms with E-state index >= 15 is 0 Å². The summed E-state index contributed by atoms with van der Waals surface area (Å²) in [6.07, 6.45) is 0. The Morgan fingerprint density at radius 2 is 1.88 bits per heavy atom. The lowest BCUT2D eigenvalue weighted by Crippen LogP contribution is -2.28. The lowest BCUT2D eigenvalue weighted by Gasteiger charge is -2.19. The van der Waals surface area contributed by atoms with Crippen LogP contribution in [-0.4, -0.2) is 49.3 Å². The second-order valence-corrected chi connectivity index (χ2v) is 5.64. The first kappa shape index (κ1) is 18.1. The van der Waals surface area contributed by atoms with E-state index in [1.807, 2.05) is 25.1 Å². The Labute approximate surface area is 142 Å². The SMILES string of the molecule is CCN(CC)CCOc1cc(C(=O)O)c(C)c2ccc(OC)cc12. The smallest absolute Gasteiger partial charge is 0.336 e. The summed E-state index contributed by atoms with van der Waals surface area (Å²) in [5.41, 5.74) is 1.00. The topological polar surface area (TPSA) is 59.0 Å². The maximum Gasteiger partial charge on any atom is 0.336 e. The number of aromatic carboxylic acids is 1. The molecule has 0 aliphatic rings. The van der Waals surface area contributed by atoms with Gasteiger partial charge in [-0.3, -0.25) is 0 Å². The number of carboxylic acids is 1. The molecule has 0 amide bonds. The largest absolute Gasteiger partial charge is 0.497 e. The minimum atomic E-state index is -0.946. The van der Waals surface area contributed by atoms with Crippen molar-refractivity contribution in [2.24, 2.45) is 0 Å². The molecule has 2 rings (SSSR count). The quantitative estimate of drug-likeness (QED) is 0.801. The standard InChI is InChI=1S/C19H25NO4/c1-5-20(6-2)9-10-24-18-12-16(19(21)22)13(3)15-8-7-14(23-4)11-17(15)18/h7-8,11-12H,5-6,9-10H2,1-4H3,(H,21,22). The van der Waals surface area contributed by atoms with E-state index < -0.39 is 5.97 Å². The highest BCUT2D eigenvalue weighted by Crippen LogP contribution is 2.34. The number of hydrogen-bond acceptors (Lipinski definition) is 4. The van der Waals surface area contributed by atoms with E-state index in [4.69, 9.17) is 9.47 Å². The van der Waals surface area contributed by atoms with Gasteiger partial charge in [-0.05, 0) is 49.2 Å². The molecule has 0 unspecified atom stereocenters. The molecule has 0 spiro atoms. The van der Waals surface area contributed by atoms with Gasteiger partial charge in [0.25, 0.3) is 0 Å².